The lowest BCUT2D eigenvalue weighted by molar-refractivity contribution is 0.0947. The summed E-state index contributed by atoms with van der Waals surface area (Å²) in [6.45, 7) is 1.83. The number of rotatable bonds is 4. The van der Waals surface area contributed by atoms with Crippen LogP contribution in [0, 0.1) is 0 Å². The van der Waals surface area contributed by atoms with Crippen LogP contribution in [0.4, 0.5) is 0 Å². The minimum absolute atomic E-state index is 0.0846. The van der Waals surface area contributed by atoms with Crippen LogP contribution in [0.2, 0.25) is 0 Å². The van der Waals surface area contributed by atoms with E-state index in [0.29, 0.717) is 18.3 Å². The third-order valence-corrected chi connectivity index (χ3v) is 2.88. The van der Waals surface area contributed by atoms with E-state index in [1.807, 2.05) is 7.05 Å². The van der Waals surface area contributed by atoms with Gasteiger partial charge in [0.25, 0.3) is 5.91 Å². The van der Waals surface area contributed by atoms with Gasteiger partial charge in [0, 0.05) is 25.8 Å². The second-order valence-corrected chi connectivity index (χ2v) is 4.26. The lowest BCUT2D eigenvalue weighted by Gasteiger charge is -2.09. The van der Waals surface area contributed by atoms with Gasteiger partial charge in [-0.05, 0) is 25.8 Å². The molecule has 5 nitrogen and oxygen atoms in total. The number of carbonyl (C=O) groups is 1. The van der Waals surface area contributed by atoms with E-state index in [0.717, 1.165) is 13.0 Å². The molecule has 1 fully saturated rings. The number of nitrogens with one attached hydrogen (secondary N) is 2. The van der Waals surface area contributed by atoms with Crippen molar-refractivity contribution in [1.82, 2.24) is 20.2 Å². The van der Waals surface area contributed by atoms with Crippen LogP contribution in [0.1, 0.15) is 29.8 Å². The summed E-state index contributed by atoms with van der Waals surface area (Å²) in [5.74, 6) is -0.0846. The molecule has 2 rings (SSSR count). The number of aryl methyl sites for hydroxylation is 1. The molecule has 1 atom stereocenters. The number of aromatic nitrogens is 2. The number of nitrogens with zero attached hydrogens (tertiary/aromatic N) is 2. The molecule has 0 aliphatic carbocycles. The average molecular weight is 222 g/mol. The van der Waals surface area contributed by atoms with Crippen molar-refractivity contribution in [3.63, 3.8) is 0 Å². The zero-order valence-corrected chi connectivity index (χ0v) is 9.57. The van der Waals surface area contributed by atoms with Crippen molar-refractivity contribution in [2.24, 2.45) is 7.05 Å². The van der Waals surface area contributed by atoms with Gasteiger partial charge in [0.2, 0.25) is 0 Å². The summed E-state index contributed by atoms with van der Waals surface area (Å²) in [6, 6.07) is 0.573. The average Bonchev–Trinajstić information content (AvgIpc) is 2.89. The van der Waals surface area contributed by atoms with Crippen LogP contribution in [0.5, 0.6) is 0 Å². The van der Waals surface area contributed by atoms with Gasteiger partial charge in [-0.1, -0.05) is 0 Å². The molecule has 1 aromatic rings. The first-order valence-electron chi connectivity index (χ1n) is 5.75. The molecular weight excluding hydrogens is 204 g/mol. The monoisotopic (exact) mass is 222 g/mol. The Kier molecular flexibility index (Phi) is 3.56. The molecule has 16 heavy (non-hydrogen) atoms. The third-order valence-electron chi connectivity index (χ3n) is 2.88. The maximum atomic E-state index is 11.6. The summed E-state index contributed by atoms with van der Waals surface area (Å²) in [5, 5.41) is 6.29. The zero-order chi connectivity index (χ0) is 11.4. The van der Waals surface area contributed by atoms with Gasteiger partial charge in [-0.2, -0.15) is 0 Å². The fraction of sp³-hybridized carbons (Fsp3) is 0.636. The Balaban J connectivity index is 1.71. The van der Waals surface area contributed by atoms with E-state index in [4.69, 9.17) is 0 Å². The first-order valence-corrected chi connectivity index (χ1v) is 5.75. The molecule has 2 N–H and O–H groups in total. The van der Waals surface area contributed by atoms with Gasteiger partial charge in [0.1, 0.15) is 5.69 Å². The molecule has 1 aliphatic heterocycles. The minimum Gasteiger partial charge on any atom is -0.351 e. The molecule has 1 saturated heterocycles. The number of carbonyl (C=O) groups excluding carboxylic acids is 1. The SMILES string of the molecule is Cn1cnc(C(=O)NCC[C@H]2CCCN2)c1. The summed E-state index contributed by atoms with van der Waals surface area (Å²) in [7, 11) is 1.85. The van der Waals surface area contributed by atoms with Gasteiger partial charge >= 0.3 is 0 Å². The van der Waals surface area contributed by atoms with Crippen LogP contribution in [-0.2, 0) is 7.05 Å². The smallest absolute Gasteiger partial charge is 0.271 e. The van der Waals surface area contributed by atoms with Crippen molar-refractivity contribution < 1.29 is 4.79 Å². The molecular formula is C11H18N4O. The van der Waals surface area contributed by atoms with Gasteiger partial charge in [-0.3, -0.25) is 4.79 Å². The van der Waals surface area contributed by atoms with Crippen molar-refractivity contribution in [1.29, 1.82) is 0 Å². The van der Waals surface area contributed by atoms with Gasteiger partial charge in [-0.25, -0.2) is 4.98 Å². The van der Waals surface area contributed by atoms with E-state index in [1.54, 1.807) is 17.1 Å². The Morgan fingerprint density at radius 2 is 2.62 bits per heavy atom. The van der Waals surface area contributed by atoms with E-state index >= 15 is 0 Å². The zero-order valence-electron chi connectivity index (χ0n) is 9.57. The molecule has 1 aromatic heterocycles. The standard InChI is InChI=1S/C11H18N4O/c1-15-7-10(14-8-15)11(16)13-6-4-9-3-2-5-12-9/h7-9,12H,2-6H2,1H3,(H,13,16)/t9-/m1/s1. The van der Waals surface area contributed by atoms with Crippen molar-refractivity contribution in [2.75, 3.05) is 13.1 Å². The molecule has 0 radical (unpaired) electrons. The maximum absolute atomic E-state index is 11.6. The Labute approximate surface area is 95.2 Å². The van der Waals surface area contributed by atoms with E-state index in [2.05, 4.69) is 15.6 Å². The number of hydrogen-bond donors (Lipinski definition) is 2. The maximum Gasteiger partial charge on any atom is 0.271 e. The molecule has 0 spiro atoms. The highest BCUT2D eigenvalue weighted by atomic mass is 16.1. The van der Waals surface area contributed by atoms with Crippen molar-refractivity contribution >= 4 is 5.91 Å². The fourth-order valence-corrected chi connectivity index (χ4v) is 1.98. The van der Waals surface area contributed by atoms with Crippen molar-refractivity contribution in [2.45, 2.75) is 25.3 Å². The normalized spacial score (nSPS) is 19.9. The molecule has 5 heteroatoms. The van der Waals surface area contributed by atoms with Crippen LogP contribution in [0.25, 0.3) is 0 Å². The molecule has 2 heterocycles. The third kappa shape index (κ3) is 2.82. The first kappa shape index (κ1) is 11.1. The summed E-state index contributed by atoms with van der Waals surface area (Å²) in [6.07, 6.45) is 6.83. The molecule has 0 unspecified atom stereocenters. The summed E-state index contributed by atoms with van der Waals surface area (Å²) >= 11 is 0. The van der Waals surface area contributed by atoms with Crippen LogP contribution < -0.4 is 10.6 Å². The lowest BCUT2D eigenvalue weighted by atomic mass is 10.1. The molecule has 0 aromatic carbocycles. The Morgan fingerprint density at radius 3 is 3.25 bits per heavy atom. The second-order valence-electron chi connectivity index (χ2n) is 4.26. The minimum atomic E-state index is -0.0846. The summed E-state index contributed by atoms with van der Waals surface area (Å²) in [4.78, 5) is 15.6. The van der Waals surface area contributed by atoms with Crippen molar-refractivity contribution in [3.05, 3.63) is 18.2 Å². The largest absolute Gasteiger partial charge is 0.351 e. The van der Waals surface area contributed by atoms with Gasteiger partial charge in [-0.15, -0.1) is 0 Å². The van der Waals surface area contributed by atoms with Gasteiger partial charge < -0.3 is 15.2 Å². The number of hydrogen-bond acceptors (Lipinski definition) is 3. The highest BCUT2D eigenvalue weighted by molar-refractivity contribution is 5.91. The van der Waals surface area contributed by atoms with Gasteiger partial charge in [0.15, 0.2) is 0 Å². The first-order chi connectivity index (χ1) is 7.75. The quantitative estimate of drug-likeness (QED) is 0.770. The molecule has 1 amide bonds. The van der Waals surface area contributed by atoms with Crippen molar-refractivity contribution in [3.8, 4) is 0 Å². The molecule has 0 bridgehead atoms. The Hall–Kier alpha value is -1.36. The van der Waals surface area contributed by atoms with E-state index in [1.165, 1.54) is 12.8 Å². The van der Waals surface area contributed by atoms with Crippen LogP contribution in [-0.4, -0.2) is 34.6 Å². The fourth-order valence-electron chi connectivity index (χ4n) is 1.98. The number of imidazole rings is 1. The van der Waals surface area contributed by atoms with Crippen LogP contribution >= 0.6 is 0 Å². The van der Waals surface area contributed by atoms with E-state index in [9.17, 15) is 4.79 Å². The van der Waals surface area contributed by atoms with Gasteiger partial charge in [0.05, 0.1) is 6.33 Å². The highest BCUT2D eigenvalue weighted by Gasteiger charge is 2.14. The van der Waals surface area contributed by atoms with Crippen LogP contribution in [0.15, 0.2) is 12.5 Å². The van der Waals surface area contributed by atoms with E-state index < -0.39 is 0 Å². The predicted molar refractivity (Wildman–Crippen MR) is 61.2 cm³/mol. The second kappa shape index (κ2) is 5.12. The molecule has 88 valence electrons. The van der Waals surface area contributed by atoms with Crippen LogP contribution in [0.3, 0.4) is 0 Å². The lowest BCUT2D eigenvalue weighted by Crippen LogP contribution is -2.30. The predicted octanol–water partition coefficient (Wildman–Crippen LogP) is 0.292. The Morgan fingerprint density at radius 1 is 1.75 bits per heavy atom. The number of amides is 1. The Bertz CT molecular complexity index is 355. The topological polar surface area (TPSA) is 59.0 Å². The summed E-state index contributed by atoms with van der Waals surface area (Å²) in [5.41, 5.74) is 0.488. The molecule has 1 aliphatic rings. The molecule has 0 saturated carbocycles. The highest BCUT2D eigenvalue weighted by Crippen LogP contribution is 2.07. The van der Waals surface area contributed by atoms with E-state index in [-0.39, 0.29) is 5.91 Å². The summed E-state index contributed by atoms with van der Waals surface area (Å²) < 4.78 is 1.77.